The van der Waals surface area contributed by atoms with Crippen LogP contribution in [-0.2, 0) is 4.74 Å². The van der Waals surface area contributed by atoms with Crippen molar-refractivity contribution in [3.63, 3.8) is 0 Å². The first-order valence-electron chi connectivity index (χ1n) is 6.97. The average molecular weight is 315 g/mol. The third-order valence-corrected chi connectivity index (χ3v) is 3.65. The van der Waals surface area contributed by atoms with Crippen molar-refractivity contribution in [2.75, 3.05) is 0 Å². The third-order valence-electron chi connectivity index (χ3n) is 3.65. The topological polar surface area (TPSA) is 69.4 Å². The molecule has 0 bridgehead atoms. The fraction of sp³-hybridized carbons (Fsp3) is 0.467. The van der Waals surface area contributed by atoms with Crippen molar-refractivity contribution in [3.05, 3.63) is 35.4 Å². The van der Waals surface area contributed by atoms with E-state index in [0.717, 1.165) is 43.5 Å². The summed E-state index contributed by atoms with van der Waals surface area (Å²) >= 11 is 0. The van der Waals surface area contributed by atoms with E-state index in [4.69, 9.17) is 10.5 Å². The van der Waals surface area contributed by atoms with E-state index in [1.54, 1.807) is 0 Å². The van der Waals surface area contributed by atoms with Crippen molar-refractivity contribution in [1.82, 2.24) is 0 Å². The number of ether oxygens (including phenoxy) is 1. The Morgan fingerprint density at radius 2 is 1.59 bits per heavy atom. The molecule has 1 aliphatic rings. The Morgan fingerprint density at radius 3 is 2.14 bits per heavy atom. The molecule has 1 aliphatic carbocycles. The number of halogens is 3. The molecule has 2 atom stereocenters. The first-order chi connectivity index (χ1) is 10.3. The molecule has 0 radical (unpaired) electrons. The average Bonchev–Trinajstić information content (AvgIpc) is 2.48. The number of hydrogen-bond acceptors (Lipinski definition) is 4. The Balaban J connectivity index is 2.03. The number of ketones is 1. The minimum Gasteiger partial charge on any atom is -0.457 e. The molecule has 0 heterocycles. The molecule has 2 rings (SSSR count). The van der Waals surface area contributed by atoms with Gasteiger partial charge in [0.25, 0.3) is 5.78 Å². The van der Waals surface area contributed by atoms with Gasteiger partial charge in [0.05, 0.1) is 5.56 Å². The molecule has 4 nitrogen and oxygen atoms in total. The van der Waals surface area contributed by atoms with Crippen LogP contribution in [0.25, 0.3) is 0 Å². The van der Waals surface area contributed by atoms with Crippen molar-refractivity contribution in [2.24, 2.45) is 5.73 Å². The first kappa shape index (κ1) is 16.5. The Kier molecular flexibility index (Phi) is 4.85. The summed E-state index contributed by atoms with van der Waals surface area (Å²) in [7, 11) is 0. The van der Waals surface area contributed by atoms with E-state index in [1.807, 2.05) is 0 Å². The first-order valence-corrected chi connectivity index (χ1v) is 6.97. The molecule has 1 saturated carbocycles. The van der Waals surface area contributed by atoms with E-state index < -0.39 is 23.5 Å². The van der Waals surface area contributed by atoms with Crippen LogP contribution in [0.3, 0.4) is 0 Å². The molecular formula is C15H16F3NO3. The fourth-order valence-corrected chi connectivity index (χ4v) is 2.40. The second kappa shape index (κ2) is 6.48. The summed E-state index contributed by atoms with van der Waals surface area (Å²) in [6, 6.07) is 4.01. The van der Waals surface area contributed by atoms with Gasteiger partial charge < -0.3 is 10.5 Å². The van der Waals surface area contributed by atoms with Crippen LogP contribution >= 0.6 is 0 Å². The Morgan fingerprint density at radius 1 is 1.05 bits per heavy atom. The Labute approximate surface area is 125 Å². The van der Waals surface area contributed by atoms with Crippen LogP contribution in [0.15, 0.2) is 24.3 Å². The highest BCUT2D eigenvalue weighted by atomic mass is 19.4. The van der Waals surface area contributed by atoms with Gasteiger partial charge in [0.15, 0.2) is 0 Å². The molecule has 0 aliphatic heterocycles. The van der Waals surface area contributed by atoms with Crippen molar-refractivity contribution in [2.45, 2.75) is 44.0 Å². The van der Waals surface area contributed by atoms with Crippen LogP contribution in [0.5, 0.6) is 0 Å². The summed E-state index contributed by atoms with van der Waals surface area (Å²) < 4.78 is 42.2. The van der Waals surface area contributed by atoms with Gasteiger partial charge in [-0.25, -0.2) is 4.79 Å². The summed E-state index contributed by atoms with van der Waals surface area (Å²) in [6.07, 6.45) is -1.95. The molecule has 7 heteroatoms. The highest BCUT2D eigenvalue weighted by Crippen LogP contribution is 2.23. The maximum atomic E-state index is 12.3. The van der Waals surface area contributed by atoms with Crippen LogP contribution in [0.2, 0.25) is 0 Å². The number of benzene rings is 1. The molecule has 0 aromatic heterocycles. The summed E-state index contributed by atoms with van der Waals surface area (Å²) in [5.74, 6) is -2.59. The van der Waals surface area contributed by atoms with Crippen LogP contribution in [-0.4, -0.2) is 30.1 Å². The number of esters is 1. The number of carbonyl (C=O) groups excluding carboxylic acids is 2. The van der Waals surface area contributed by atoms with Crippen molar-refractivity contribution < 1.29 is 27.5 Å². The van der Waals surface area contributed by atoms with E-state index in [-0.39, 0.29) is 17.7 Å². The maximum Gasteiger partial charge on any atom is 0.454 e. The number of carbonyl (C=O) groups is 2. The monoisotopic (exact) mass is 315 g/mol. The number of Topliss-reactive ketones (excluding diaryl/α,β-unsaturated/α-hetero) is 1. The van der Waals surface area contributed by atoms with Crippen molar-refractivity contribution >= 4 is 11.8 Å². The zero-order valence-electron chi connectivity index (χ0n) is 11.7. The van der Waals surface area contributed by atoms with Gasteiger partial charge >= 0.3 is 12.1 Å². The van der Waals surface area contributed by atoms with Crippen LogP contribution < -0.4 is 5.73 Å². The van der Waals surface area contributed by atoms with Crippen molar-refractivity contribution in [3.8, 4) is 0 Å². The zero-order valence-corrected chi connectivity index (χ0v) is 11.7. The summed E-state index contributed by atoms with van der Waals surface area (Å²) in [4.78, 5) is 23.0. The van der Waals surface area contributed by atoms with Gasteiger partial charge in [-0.05, 0) is 31.4 Å². The van der Waals surface area contributed by atoms with Gasteiger partial charge in [0, 0.05) is 11.6 Å². The van der Waals surface area contributed by atoms with Gasteiger partial charge in [-0.1, -0.05) is 18.6 Å². The quantitative estimate of drug-likeness (QED) is 0.688. The predicted molar refractivity (Wildman–Crippen MR) is 72.5 cm³/mol. The minimum atomic E-state index is -4.93. The second-order valence-corrected chi connectivity index (χ2v) is 5.30. The standard InChI is InChI=1S/C15H16F3NO3/c16-15(17,18)13(20)9-5-7-10(8-6-9)14(21)22-12-4-2-1-3-11(12)19/h5-8,11-12H,1-4,19H2. The highest BCUT2D eigenvalue weighted by Gasteiger charge is 2.39. The number of hydrogen-bond donors (Lipinski definition) is 1. The number of rotatable bonds is 3. The van der Waals surface area contributed by atoms with E-state index >= 15 is 0 Å². The number of nitrogens with two attached hydrogens (primary N) is 1. The molecule has 22 heavy (non-hydrogen) atoms. The van der Waals surface area contributed by atoms with E-state index in [1.165, 1.54) is 0 Å². The number of alkyl halides is 3. The lowest BCUT2D eigenvalue weighted by atomic mass is 9.93. The Bertz CT molecular complexity index is 554. The molecule has 1 aromatic carbocycles. The maximum absolute atomic E-state index is 12.3. The normalized spacial score (nSPS) is 22.2. The van der Waals surface area contributed by atoms with Crippen LogP contribution in [0, 0.1) is 0 Å². The SMILES string of the molecule is NC1CCCCC1OC(=O)c1ccc(C(=O)C(F)(F)F)cc1. The van der Waals surface area contributed by atoms with E-state index in [2.05, 4.69) is 0 Å². The van der Waals surface area contributed by atoms with Gasteiger partial charge in [0.2, 0.25) is 0 Å². The lowest BCUT2D eigenvalue weighted by Crippen LogP contribution is -2.40. The fourth-order valence-electron chi connectivity index (χ4n) is 2.40. The summed E-state index contributed by atoms with van der Waals surface area (Å²) in [5, 5.41) is 0. The second-order valence-electron chi connectivity index (χ2n) is 5.30. The van der Waals surface area contributed by atoms with Gasteiger partial charge in [-0.15, -0.1) is 0 Å². The molecular weight excluding hydrogens is 299 g/mol. The molecule has 1 fully saturated rings. The summed E-state index contributed by atoms with van der Waals surface area (Å²) in [6.45, 7) is 0. The van der Waals surface area contributed by atoms with Gasteiger partial charge in [0.1, 0.15) is 6.10 Å². The molecule has 2 unspecified atom stereocenters. The highest BCUT2D eigenvalue weighted by molar-refractivity contribution is 6.01. The molecule has 120 valence electrons. The molecule has 0 saturated heterocycles. The molecule has 1 aromatic rings. The molecule has 2 N–H and O–H groups in total. The van der Waals surface area contributed by atoms with Crippen LogP contribution in [0.4, 0.5) is 13.2 Å². The van der Waals surface area contributed by atoms with Crippen molar-refractivity contribution in [1.29, 1.82) is 0 Å². The molecule has 0 spiro atoms. The van der Waals surface area contributed by atoms with Gasteiger partial charge in [-0.3, -0.25) is 4.79 Å². The lowest BCUT2D eigenvalue weighted by molar-refractivity contribution is -0.0885. The minimum absolute atomic E-state index is 0.0940. The van der Waals surface area contributed by atoms with E-state index in [9.17, 15) is 22.8 Å². The zero-order chi connectivity index (χ0) is 16.3. The third kappa shape index (κ3) is 3.85. The Hall–Kier alpha value is -1.89. The largest absolute Gasteiger partial charge is 0.457 e. The lowest BCUT2D eigenvalue weighted by Gasteiger charge is -2.28. The van der Waals surface area contributed by atoms with Crippen LogP contribution in [0.1, 0.15) is 46.4 Å². The smallest absolute Gasteiger partial charge is 0.454 e. The van der Waals surface area contributed by atoms with E-state index in [0.29, 0.717) is 6.42 Å². The van der Waals surface area contributed by atoms with Gasteiger partial charge in [-0.2, -0.15) is 13.2 Å². The molecule has 0 amide bonds. The summed E-state index contributed by atoms with van der Waals surface area (Å²) in [5.41, 5.74) is 5.45. The predicted octanol–water partition coefficient (Wildman–Crippen LogP) is 2.86.